The summed E-state index contributed by atoms with van der Waals surface area (Å²) in [6, 6.07) is 8.81. The summed E-state index contributed by atoms with van der Waals surface area (Å²) in [6.07, 6.45) is 0. The van der Waals surface area contributed by atoms with Crippen LogP contribution < -0.4 is 4.74 Å². The van der Waals surface area contributed by atoms with Crippen molar-refractivity contribution in [1.29, 1.82) is 0 Å². The Morgan fingerprint density at radius 2 is 1.90 bits per heavy atom. The van der Waals surface area contributed by atoms with Gasteiger partial charge in [-0.3, -0.25) is 10.1 Å². The molecule has 2 aromatic rings. The van der Waals surface area contributed by atoms with E-state index in [1.165, 1.54) is 6.07 Å². The van der Waals surface area contributed by atoms with E-state index < -0.39 is 4.92 Å². The summed E-state index contributed by atoms with van der Waals surface area (Å²) in [6.45, 7) is 1.78. The third kappa shape index (κ3) is 3.84. The first-order valence-electron chi connectivity index (χ1n) is 5.89. The quantitative estimate of drug-likeness (QED) is 0.302. The average Bonchev–Trinajstić information content (AvgIpc) is 2.41. The Kier molecular flexibility index (Phi) is 5.40. The van der Waals surface area contributed by atoms with Gasteiger partial charge in [0.1, 0.15) is 5.75 Å². The van der Waals surface area contributed by atoms with E-state index in [1.54, 1.807) is 19.1 Å². The lowest BCUT2D eigenvalue weighted by atomic mass is 10.2. The molecule has 21 heavy (non-hydrogen) atoms. The van der Waals surface area contributed by atoms with E-state index in [2.05, 4.69) is 47.8 Å². The number of benzene rings is 2. The van der Waals surface area contributed by atoms with E-state index >= 15 is 0 Å². The molecule has 0 aliphatic heterocycles. The number of nitro benzene ring substituents is 1. The van der Waals surface area contributed by atoms with Crippen molar-refractivity contribution in [3.05, 3.63) is 60.5 Å². The van der Waals surface area contributed by atoms with E-state index in [9.17, 15) is 10.1 Å². The second kappa shape index (κ2) is 6.89. The smallest absolute Gasteiger partial charge is 0.312 e. The van der Waals surface area contributed by atoms with Crippen molar-refractivity contribution < 1.29 is 9.66 Å². The number of alkyl halides is 1. The van der Waals surface area contributed by atoms with Crippen LogP contribution in [0.15, 0.2) is 39.3 Å². The molecule has 0 amide bonds. The fraction of sp³-hybridized carbons (Fsp3) is 0.143. The summed E-state index contributed by atoms with van der Waals surface area (Å²) in [5.41, 5.74) is 1.54. The number of ether oxygens (including phenoxy) is 1. The number of nitro groups is 1. The van der Waals surface area contributed by atoms with E-state index in [0.717, 1.165) is 10.0 Å². The van der Waals surface area contributed by atoms with Gasteiger partial charge in [0, 0.05) is 25.9 Å². The lowest BCUT2D eigenvalue weighted by Crippen LogP contribution is -1.97. The first-order chi connectivity index (χ1) is 9.92. The Morgan fingerprint density at radius 1 is 1.19 bits per heavy atom. The normalized spacial score (nSPS) is 10.5. The molecule has 0 radical (unpaired) electrons. The van der Waals surface area contributed by atoms with Gasteiger partial charge in [0.15, 0.2) is 0 Å². The van der Waals surface area contributed by atoms with Gasteiger partial charge in [0.25, 0.3) is 0 Å². The second-order valence-corrected chi connectivity index (χ2v) is 6.71. The fourth-order valence-corrected chi connectivity index (χ4v) is 3.19. The first-order valence-corrected chi connectivity index (χ1v) is 8.60. The molecule has 0 heterocycles. The second-order valence-electron chi connectivity index (χ2n) is 4.32. The van der Waals surface area contributed by atoms with Crippen molar-refractivity contribution >= 4 is 53.5 Å². The number of nitrogens with zero attached hydrogens (tertiary/aromatic N) is 1. The minimum Gasteiger partial charge on any atom is -0.449 e. The standard InChI is InChI=1S/C14H10Br3NO3/c1-8-4-11(17)5-12(18(19)20)14(8)21-13-6-10(16)3-2-9(13)7-15/h2-6H,7H2,1H3. The Bertz CT molecular complexity index is 704. The Morgan fingerprint density at radius 3 is 2.52 bits per heavy atom. The van der Waals surface area contributed by atoms with Crippen LogP contribution in [0, 0.1) is 17.0 Å². The van der Waals surface area contributed by atoms with Crippen LogP contribution in [-0.4, -0.2) is 4.92 Å². The third-order valence-corrected chi connectivity index (χ3v) is 4.36. The molecule has 0 unspecified atom stereocenters. The maximum Gasteiger partial charge on any atom is 0.312 e. The van der Waals surface area contributed by atoms with Crippen LogP contribution in [0.1, 0.15) is 11.1 Å². The van der Waals surface area contributed by atoms with Crippen molar-refractivity contribution in [3.8, 4) is 11.5 Å². The van der Waals surface area contributed by atoms with Crippen LogP contribution in [0.2, 0.25) is 0 Å². The molecule has 2 rings (SSSR count). The zero-order valence-electron chi connectivity index (χ0n) is 10.9. The predicted octanol–water partition coefficient (Wildman–Crippen LogP) is 6.12. The Balaban J connectivity index is 2.54. The van der Waals surface area contributed by atoms with Crippen molar-refractivity contribution in [3.63, 3.8) is 0 Å². The summed E-state index contributed by atoms with van der Waals surface area (Å²) < 4.78 is 7.33. The molecule has 0 aromatic heterocycles. The molecule has 110 valence electrons. The van der Waals surface area contributed by atoms with E-state index in [-0.39, 0.29) is 11.4 Å². The van der Waals surface area contributed by atoms with Gasteiger partial charge < -0.3 is 4.74 Å². The summed E-state index contributed by atoms with van der Waals surface area (Å²) in [7, 11) is 0. The minimum absolute atomic E-state index is 0.0672. The lowest BCUT2D eigenvalue weighted by Gasteiger charge is -2.13. The SMILES string of the molecule is Cc1cc(Br)cc([N+](=O)[O-])c1Oc1cc(Br)ccc1CBr. The summed E-state index contributed by atoms with van der Waals surface area (Å²) in [5, 5.41) is 11.8. The molecule has 0 aliphatic rings. The van der Waals surface area contributed by atoms with Crippen LogP contribution >= 0.6 is 47.8 Å². The summed E-state index contributed by atoms with van der Waals surface area (Å²) in [5.74, 6) is 0.832. The Hall–Kier alpha value is -0.920. The molecule has 0 atom stereocenters. The summed E-state index contributed by atoms with van der Waals surface area (Å²) >= 11 is 10.0. The van der Waals surface area contributed by atoms with Crippen molar-refractivity contribution in [2.45, 2.75) is 12.3 Å². The van der Waals surface area contributed by atoms with Crippen LogP contribution in [0.4, 0.5) is 5.69 Å². The number of hydrogen-bond acceptors (Lipinski definition) is 3. The first kappa shape index (κ1) is 16.5. The van der Waals surface area contributed by atoms with Gasteiger partial charge in [0.05, 0.1) is 4.92 Å². The van der Waals surface area contributed by atoms with E-state index in [4.69, 9.17) is 4.74 Å². The van der Waals surface area contributed by atoms with Gasteiger partial charge in [-0.15, -0.1) is 0 Å². The third-order valence-electron chi connectivity index (χ3n) is 2.80. The molecular formula is C14H10Br3NO3. The molecule has 4 nitrogen and oxygen atoms in total. The lowest BCUT2D eigenvalue weighted by molar-refractivity contribution is -0.385. The highest BCUT2D eigenvalue weighted by Gasteiger charge is 2.20. The van der Waals surface area contributed by atoms with Gasteiger partial charge in [-0.2, -0.15) is 0 Å². The van der Waals surface area contributed by atoms with Crippen molar-refractivity contribution in [2.75, 3.05) is 0 Å². The topological polar surface area (TPSA) is 52.4 Å². The number of halogens is 3. The average molecular weight is 480 g/mol. The molecule has 7 heteroatoms. The van der Waals surface area contributed by atoms with Crippen molar-refractivity contribution in [1.82, 2.24) is 0 Å². The molecule has 0 saturated carbocycles. The van der Waals surface area contributed by atoms with Gasteiger partial charge in [0.2, 0.25) is 5.75 Å². The van der Waals surface area contributed by atoms with Crippen LogP contribution in [0.25, 0.3) is 0 Å². The molecular weight excluding hydrogens is 470 g/mol. The minimum atomic E-state index is -0.446. The Labute approximate surface area is 147 Å². The van der Waals surface area contributed by atoms with Gasteiger partial charge >= 0.3 is 5.69 Å². The predicted molar refractivity (Wildman–Crippen MR) is 92.4 cm³/mol. The molecule has 0 bridgehead atoms. The zero-order valence-corrected chi connectivity index (χ0v) is 15.7. The number of aryl methyl sites for hydroxylation is 1. The molecule has 0 fully saturated rings. The fourth-order valence-electron chi connectivity index (χ4n) is 1.82. The maximum atomic E-state index is 11.2. The van der Waals surface area contributed by atoms with Gasteiger partial charge in [-0.25, -0.2) is 0 Å². The highest BCUT2D eigenvalue weighted by Crippen LogP contribution is 2.39. The highest BCUT2D eigenvalue weighted by atomic mass is 79.9. The molecule has 0 aliphatic carbocycles. The summed E-state index contributed by atoms with van der Waals surface area (Å²) in [4.78, 5) is 10.8. The molecule has 0 saturated heterocycles. The largest absolute Gasteiger partial charge is 0.449 e. The van der Waals surface area contributed by atoms with Crippen LogP contribution in [0.3, 0.4) is 0 Å². The van der Waals surface area contributed by atoms with Crippen molar-refractivity contribution in [2.24, 2.45) is 0 Å². The molecule has 0 N–H and O–H groups in total. The zero-order chi connectivity index (χ0) is 15.6. The van der Waals surface area contributed by atoms with E-state index in [1.807, 2.05) is 12.1 Å². The maximum absolute atomic E-state index is 11.2. The van der Waals surface area contributed by atoms with Crippen LogP contribution in [0.5, 0.6) is 11.5 Å². The van der Waals surface area contributed by atoms with Crippen LogP contribution in [-0.2, 0) is 5.33 Å². The monoisotopic (exact) mass is 477 g/mol. The highest BCUT2D eigenvalue weighted by molar-refractivity contribution is 9.10. The van der Waals surface area contributed by atoms with Gasteiger partial charge in [-0.1, -0.05) is 53.9 Å². The number of rotatable bonds is 4. The number of hydrogen-bond donors (Lipinski definition) is 0. The van der Waals surface area contributed by atoms with E-state index in [0.29, 0.717) is 21.1 Å². The molecule has 2 aromatic carbocycles. The molecule has 0 spiro atoms. The van der Waals surface area contributed by atoms with Gasteiger partial charge in [-0.05, 0) is 30.7 Å².